The van der Waals surface area contributed by atoms with Gasteiger partial charge in [0.05, 0.1) is 0 Å². The van der Waals surface area contributed by atoms with E-state index < -0.39 is 5.97 Å². The molecule has 26 heavy (non-hydrogen) atoms. The standard InChI is InChI=1S/C18H22N2O6/c1-12(21)20(10-17(22)23)14-3-2-7-19(8-6-14)18(24)13-4-5-15-16(9-13)26-11-25-15/h4-5,9,14H,2-3,6-8,10-11H2,1H3,(H,22,23). The lowest BCUT2D eigenvalue weighted by atomic mass is 10.1. The Morgan fingerprint density at radius 1 is 1.19 bits per heavy atom. The van der Waals surface area contributed by atoms with Gasteiger partial charge in [-0.1, -0.05) is 0 Å². The van der Waals surface area contributed by atoms with Gasteiger partial charge in [-0.2, -0.15) is 0 Å². The van der Waals surface area contributed by atoms with Crippen LogP contribution in [0.4, 0.5) is 0 Å². The van der Waals surface area contributed by atoms with Crippen LogP contribution in [0.3, 0.4) is 0 Å². The molecule has 0 aromatic heterocycles. The van der Waals surface area contributed by atoms with Crippen molar-refractivity contribution < 1.29 is 29.0 Å². The fraction of sp³-hybridized carbons (Fsp3) is 0.500. The Hall–Kier alpha value is -2.77. The van der Waals surface area contributed by atoms with Gasteiger partial charge in [0.15, 0.2) is 11.5 Å². The number of carbonyl (C=O) groups is 3. The van der Waals surface area contributed by atoms with Crippen molar-refractivity contribution in [1.82, 2.24) is 9.80 Å². The fourth-order valence-electron chi connectivity index (χ4n) is 3.45. The van der Waals surface area contributed by atoms with Crippen LogP contribution in [-0.2, 0) is 9.59 Å². The van der Waals surface area contributed by atoms with Crippen molar-refractivity contribution in [2.45, 2.75) is 32.2 Å². The van der Waals surface area contributed by atoms with Crippen molar-refractivity contribution in [3.8, 4) is 11.5 Å². The molecule has 1 saturated heterocycles. The summed E-state index contributed by atoms with van der Waals surface area (Å²) in [6, 6.07) is 4.95. The summed E-state index contributed by atoms with van der Waals surface area (Å²) in [4.78, 5) is 38.7. The van der Waals surface area contributed by atoms with E-state index in [1.165, 1.54) is 11.8 Å². The minimum atomic E-state index is -1.03. The first-order valence-corrected chi connectivity index (χ1v) is 8.63. The number of likely N-dealkylation sites (tertiary alicyclic amines) is 1. The topological polar surface area (TPSA) is 96.4 Å². The molecule has 3 rings (SSSR count). The third-order valence-electron chi connectivity index (χ3n) is 4.76. The summed E-state index contributed by atoms with van der Waals surface area (Å²) >= 11 is 0. The highest BCUT2D eigenvalue weighted by atomic mass is 16.7. The minimum absolute atomic E-state index is 0.100. The Labute approximate surface area is 151 Å². The average molecular weight is 362 g/mol. The third-order valence-corrected chi connectivity index (χ3v) is 4.76. The maximum atomic E-state index is 12.8. The Bertz CT molecular complexity index is 720. The van der Waals surface area contributed by atoms with E-state index >= 15 is 0 Å². The van der Waals surface area contributed by atoms with Gasteiger partial charge in [-0.15, -0.1) is 0 Å². The van der Waals surface area contributed by atoms with Crippen molar-refractivity contribution in [2.75, 3.05) is 26.4 Å². The molecule has 2 aliphatic heterocycles. The molecule has 140 valence electrons. The first-order valence-electron chi connectivity index (χ1n) is 8.63. The Morgan fingerprint density at radius 3 is 2.69 bits per heavy atom. The number of amides is 2. The Kier molecular flexibility index (Phi) is 5.29. The van der Waals surface area contributed by atoms with E-state index in [1.54, 1.807) is 23.1 Å². The second-order valence-electron chi connectivity index (χ2n) is 6.49. The van der Waals surface area contributed by atoms with Crippen LogP contribution in [0.5, 0.6) is 11.5 Å². The number of benzene rings is 1. The predicted molar refractivity (Wildman–Crippen MR) is 91.1 cm³/mol. The van der Waals surface area contributed by atoms with Gasteiger partial charge in [0.1, 0.15) is 6.54 Å². The van der Waals surface area contributed by atoms with Crippen molar-refractivity contribution in [3.63, 3.8) is 0 Å². The van der Waals surface area contributed by atoms with E-state index in [-0.39, 0.29) is 31.2 Å². The summed E-state index contributed by atoms with van der Waals surface area (Å²) in [5.41, 5.74) is 0.529. The summed E-state index contributed by atoms with van der Waals surface area (Å²) in [7, 11) is 0. The highest BCUT2D eigenvalue weighted by Crippen LogP contribution is 2.33. The molecular weight excluding hydrogens is 340 g/mol. The number of aliphatic carboxylic acids is 1. The van der Waals surface area contributed by atoms with Crippen LogP contribution in [0.15, 0.2) is 18.2 Å². The summed E-state index contributed by atoms with van der Waals surface area (Å²) in [6.07, 6.45) is 1.95. The normalized spacial score (nSPS) is 19.0. The predicted octanol–water partition coefficient (Wildman–Crippen LogP) is 1.34. The molecule has 1 aromatic carbocycles. The number of fused-ring (bicyclic) bond motifs is 1. The van der Waals surface area contributed by atoms with E-state index in [2.05, 4.69) is 0 Å². The van der Waals surface area contributed by atoms with Crippen LogP contribution in [0.1, 0.15) is 36.5 Å². The average Bonchev–Trinajstić information content (AvgIpc) is 2.94. The monoisotopic (exact) mass is 362 g/mol. The number of hydrogen-bond acceptors (Lipinski definition) is 5. The summed E-state index contributed by atoms with van der Waals surface area (Å²) in [6.45, 7) is 2.27. The number of ether oxygens (including phenoxy) is 2. The first kappa shape index (κ1) is 18.0. The molecule has 1 unspecified atom stereocenters. The van der Waals surface area contributed by atoms with Crippen LogP contribution >= 0.6 is 0 Å². The second-order valence-corrected chi connectivity index (χ2v) is 6.49. The molecule has 0 spiro atoms. The van der Waals surface area contributed by atoms with Crippen LogP contribution in [0.2, 0.25) is 0 Å². The van der Waals surface area contributed by atoms with Crippen LogP contribution < -0.4 is 9.47 Å². The highest BCUT2D eigenvalue weighted by Gasteiger charge is 2.28. The SMILES string of the molecule is CC(=O)N(CC(=O)O)C1CCCN(C(=O)c2ccc3c(c2)OCO3)CC1. The van der Waals surface area contributed by atoms with Crippen molar-refractivity contribution in [3.05, 3.63) is 23.8 Å². The van der Waals surface area contributed by atoms with E-state index in [9.17, 15) is 14.4 Å². The van der Waals surface area contributed by atoms with E-state index in [1.807, 2.05) is 0 Å². The number of nitrogens with zero attached hydrogens (tertiary/aromatic N) is 2. The lowest BCUT2D eigenvalue weighted by Gasteiger charge is -2.28. The largest absolute Gasteiger partial charge is 0.480 e. The minimum Gasteiger partial charge on any atom is -0.480 e. The lowest BCUT2D eigenvalue weighted by Crippen LogP contribution is -2.43. The molecule has 1 fully saturated rings. The van der Waals surface area contributed by atoms with Crippen LogP contribution in [0, 0.1) is 0 Å². The molecular formula is C18H22N2O6. The van der Waals surface area contributed by atoms with E-state index in [4.69, 9.17) is 14.6 Å². The number of hydrogen-bond donors (Lipinski definition) is 1. The van der Waals surface area contributed by atoms with E-state index in [0.29, 0.717) is 49.4 Å². The molecule has 1 aromatic rings. The molecule has 8 nitrogen and oxygen atoms in total. The number of carbonyl (C=O) groups excluding carboxylic acids is 2. The van der Waals surface area contributed by atoms with Gasteiger partial charge >= 0.3 is 5.97 Å². The molecule has 0 aliphatic carbocycles. The summed E-state index contributed by atoms with van der Waals surface area (Å²) in [5.74, 6) is -0.196. The van der Waals surface area contributed by atoms with Gasteiger partial charge in [-0.3, -0.25) is 14.4 Å². The zero-order chi connectivity index (χ0) is 18.7. The zero-order valence-corrected chi connectivity index (χ0v) is 14.6. The van der Waals surface area contributed by atoms with Crippen molar-refractivity contribution >= 4 is 17.8 Å². The maximum absolute atomic E-state index is 12.8. The Morgan fingerprint density at radius 2 is 1.96 bits per heavy atom. The maximum Gasteiger partial charge on any atom is 0.323 e. The molecule has 0 bridgehead atoms. The second kappa shape index (κ2) is 7.63. The van der Waals surface area contributed by atoms with Gasteiger partial charge in [0.25, 0.3) is 5.91 Å². The number of rotatable bonds is 4. The van der Waals surface area contributed by atoms with Gasteiger partial charge in [-0.25, -0.2) is 0 Å². The summed E-state index contributed by atoms with van der Waals surface area (Å²) in [5, 5.41) is 9.02. The molecule has 1 atom stereocenters. The van der Waals surface area contributed by atoms with Gasteiger partial charge in [0.2, 0.25) is 12.7 Å². The molecule has 2 aliphatic rings. The molecule has 2 heterocycles. The highest BCUT2D eigenvalue weighted by molar-refractivity contribution is 5.95. The van der Waals surface area contributed by atoms with Crippen LogP contribution in [-0.4, -0.2) is 65.2 Å². The number of carboxylic acid groups (broad SMARTS) is 1. The lowest BCUT2D eigenvalue weighted by molar-refractivity contribution is -0.145. The van der Waals surface area contributed by atoms with E-state index in [0.717, 1.165) is 0 Å². The van der Waals surface area contributed by atoms with Gasteiger partial charge < -0.3 is 24.4 Å². The molecule has 0 radical (unpaired) electrons. The quantitative estimate of drug-likeness (QED) is 0.868. The van der Waals surface area contributed by atoms with Gasteiger partial charge in [0, 0.05) is 31.6 Å². The molecule has 1 N–H and O–H groups in total. The van der Waals surface area contributed by atoms with Gasteiger partial charge in [-0.05, 0) is 37.5 Å². The fourth-order valence-corrected chi connectivity index (χ4v) is 3.45. The van der Waals surface area contributed by atoms with Crippen molar-refractivity contribution in [1.29, 1.82) is 0 Å². The van der Waals surface area contributed by atoms with Crippen molar-refractivity contribution in [2.24, 2.45) is 0 Å². The summed E-state index contributed by atoms with van der Waals surface area (Å²) < 4.78 is 10.6. The number of carboxylic acids is 1. The smallest absolute Gasteiger partial charge is 0.323 e. The molecule has 8 heteroatoms. The zero-order valence-electron chi connectivity index (χ0n) is 14.6. The third kappa shape index (κ3) is 3.89. The molecule has 0 saturated carbocycles. The Balaban J connectivity index is 1.67. The van der Waals surface area contributed by atoms with Crippen LogP contribution in [0.25, 0.3) is 0 Å². The molecule has 2 amide bonds. The first-order chi connectivity index (χ1) is 12.5.